The number of hydrogen-bond acceptors (Lipinski definition) is 2. The highest BCUT2D eigenvalue weighted by Gasteiger charge is 1.83. The van der Waals surface area contributed by atoms with Crippen LogP contribution in [0.3, 0.4) is 0 Å². The summed E-state index contributed by atoms with van der Waals surface area (Å²) in [5, 5.41) is 10.4. The molecule has 0 aliphatic rings. The van der Waals surface area contributed by atoms with Gasteiger partial charge in [0.05, 0.1) is 0 Å². The van der Waals surface area contributed by atoms with E-state index >= 15 is 0 Å². The average molecular weight is 268 g/mol. The van der Waals surface area contributed by atoms with Gasteiger partial charge in [-0.05, 0) is 26.0 Å². The minimum Gasteiger partial charge on any atom is -0.283 e. The van der Waals surface area contributed by atoms with Gasteiger partial charge in [0.25, 0.3) is 0 Å². The number of hydrogen-bond donors (Lipinski definition) is 1. The first-order valence-electron chi connectivity index (χ1n) is 7.10. The number of H-pyrrole nitrogens is 1. The van der Waals surface area contributed by atoms with E-state index < -0.39 is 0 Å². The molecule has 0 amide bonds. The van der Waals surface area contributed by atoms with Crippen molar-refractivity contribution in [2.45, 2.75) is 55.4 Å². The van der Waals surface area contributed by atoms with Crippen molar-refractivity contribution < 1.29 is 0 Å². The summed E-state index contributed by atoms with van der Waals surface area (Å²) in [4.78, 5) is 0. The van der Waals surface area contributed by atoms with Gasteiger partial charge in [0.1, 0.15) is 0 Å². The van der Waals surface area contributed by atoms with E-state index in [1.54, 1.807) is 12.4 Å². The predicted molar refractivity (Wildman–Crippen MR) is 85.3 cm³/mol. The van der Waals surface area contributed by atoms with Crippen LogP contribution in [0.1, 0.15) is 52.9 Å². The van der Waals surface area contributed by atoms with Crippen molar-refractivity contribution >= 4 is 0 Å². The molecule has 0 aliphatic heterocycles. The molecule has 0 bridgehead atoms. The monoisotopic (exact) mass is 268 g/mol. The van der Waals surface area contributed by atoms with Gasteiger partial charge in [-0.2, -0.15) is 10.2 Å². The van der Waals surface area contributed by atoms with Crippen molar-refractivity contribution in [3.05, 3.63) is 35.9 Å². The van der Waals surface area contributed by atoms with Crippen molar-refractivity contribution in [2.24, 2.45) is 7.05 Å². The Morgan fingerprint density at radius 2 is 1.42 bits per heavy atom. The number of rotatable bonds is 0. The summed E-state index contributed by atoms with van der Waals surface area (Å²) >= 11 is 0. The Bertz CT molecular complexity index is 320. The first-order valence-corrected chi connectivity index (χ1v) is 7.10. The fourth-order valence-electron chi connectivity index (χ4n) is 0.766. The van der Waals surface area contributed by atoms with Crippen molar-refractivity contribution in [1.29, 1.82) is 0 Å². The highest BCUT2D eigenvalue weighted by molar-refractivity contribution is 4.95. The van der Waals surface area contributed by atoms with Crippen molar-refractivity contribution in [3.63, 3.8) is 0 Å². The normalized spacial score (nSPS) is 7.21. The summed E-state index contributed by atoms with van der Waals surface area (Å²) in [6.45, 7) is 16.0. The molecular weight excluding hydrogens is 236 g/mol. The molecule has 2 heterocycles. The van der Waals surface area contributed by atoms with Gasteiger partial charge in [-0.25, -0.2) is 0 Å². The summed E-state index contributed by atoms with van der Waals surface area (Å²) in [7, 11) is 1.93. The molecule has 2 aromatic rings. The first kappa shape index (κ1) is 22.6. The lowest BCUT2D eigenvalue weighted by Crippen LogP contribution is -1.90. The van der Waals surface area contributed by atoms with Gasteiger partial charge in [0, 0.05) is 30.8 Å². The smallest absolute Gasteiger partial charge is 0.0492 e. The molecule has 4 nitrogen and oxygen atoms in total. The first-order chi connectivity index (χ1) is 9.20. The zero-order valence-electron chi connectivity index (χ0n) is 14.2. The summed E-state index contributed by atoms with van der Waals surface area (Å²) < 4.78 is 1.83. The Balaban J connectivity index is -0.000000195. The molecule has 19 heavy (non-hydrogen) atoms. The maximum absolute atomic E-state index is 3.93. The van der Waals surface area contributed by atoms with Crippen LogP contribution in [0.4, 0.5) is 0 Å². The maximum atomic E-state index is 3.93. The van der Waals surface area contributed by atoms with Gasteiger partial charge in [0.15, 0.2) is 0 Å². The lowest BCUT2D eigenvalue weighted by atomic mass is 10.5. The Kier molecular flexibility index (Phi) is 22.3. The molecule has 0 saturated heterocycles. The molecule has 0 saturated carbocycles. The van der Waals surface area contributed by atoms with Crippen molar-refractivity contribution in [3.8, 4) is 0 Å². The highest BCUT2D eigenvalue weighted by Crippen LogP contribution is 1.88. The number of aromatic nitrogens is 4. The van der Waals surface area contributed by atoms with E-state index in [2.05, 4.69) is 15.3 Å². The van der Waals surface area contributed by atoms with Crippen LogP contribution in [0.5, 0.6) is 0 Å². The highest BCUT2D eigenvalue weighted by atomic mass is 15.2. The summed E-state index contributed by atoms with van der Waals surface area (Å²) in [6.07, 6.45) is 3.52. The molecule has 0 spiro atoms. The van der Waals surface area contributed by atoms with E-state index in [1.807, 2.05) is 79.3 Å². The van der Waals surface area contributed by atoms with Crippen molar-refractivity contribution in [2.75, 3.05) is 0 Å². The Labute approximate surface area is 119 Å². The maximum Gasteiger partial charge on any atom is 0.0492 e. The third-order valence-corrected chi connectivity index (χ3v) is 1.71. The lowest BCUT2D eigenvalue weighted by Gasteiger charge is -1.87. The van der Waals surface area contributed by atoms with E-state index in [-0.39, 0.29) is 0 Å². The van der Waals surface area contributed by atoms with Gasteiger partial charge >= 0.3 is 0 Å². The van der Waals surface area contributed by atoms with Crippen LogP contribution in [0.25, 0.3) is 0 Å². The third-order valence-electron chi connectivity index (χ3n) is 1.71. The van der Waals surface area contributed by atoms with Gasteiger partial charge in [-0.15, -0.1) is 0 Å². The van der Waals surface area contributed by atoms with Crippen molar-refractivity contribution in [1.82, 2.24) is 20.0 Å². The molecule has 0 unspecified atom stereocenters. The minimum absolute atomic E-state index is 1.11. The summed E-state index contributed by atoms with van der Waals surface area (Å²) in [5.74, 6) is 0. The fourth-order valence-corrected chi connectivity index (χ4v) is 0.766. The number of aromatic amines is 1. The van der Waals surface area contributed by atoms with Gasteiger partial charge < -0.3 is 0 Å². The molecule has 0 radical (unpaired) electrons. The molecule has 0 aromatic carbocycles. The zero-order valence-corrected chi connectivity index (χ0v) is 14.2. The lowest BCUT2D eigenvalue weighted by molar-refractivity contribution is 0.740. The second-order valence-corrected chi connectivity index (χ2v) is 2.84. The Morgan fingerprint density at radius 3 is 1.53 bits per heavy atom. The number of nitrogens with one attached hydrogen (secondary N) is 1. The van der Waals surface area contributed by atoms with E-state index in [1.165, 1.54) is 5.69 Å². The average Bonchev–Trinajstić information content (AvgIpc) is 3.10. The van der Waals surface area contributed by atoms with Crippen LogP contribution < -0.4 is 0 Å². The van der Waals surface area contributed by atoms with Gasteiger partial charge in [-0.3, -0.25) is 9.78 Å². The molecule has 112 valence electrons. The molecule has 0 aliphatic carbocycles. The Hall–Kier alpha value is -1.58. The molecule has 0 atom stereocenters. The molecule has 2 rings (SSSR count). The van der Waals surface area contributed by atoms with Crippen LogP contribution in [-0.2, 0) is 7.05 Å². The third kappa shape index (κ3) is 14.4. The molecule has 2 aromatic heterocycles. The fraction of sp³-hybridized carbons (Fsp3) is 0.600. The summed E-state index contributed by atoms with van der Waals surface area (Å²) in [6, 6.07) is 3.89. The van der Waals surface area contributed by atoms with Gasteiger partial charge in [-0.1, -0.05) is 41.5 Å². The van der Waals surface area contributed by atoms with E-state index in [9.17, 15) is 0 Å². The van der Waals surface area contributed by atoms with Crippen LogP contribution >= 0.6 is 0 Å². The molecular formula is C15H32N4. The van der Waals surface area contributed by atoms with E-state index in [0.717, 1.165) is 5.69 Å². The SMILES string of the molecule is CC.CC.CC.Cc1ccn[nH]1.Cc1ccnn1C. The van der Waals surface area contributed by atoms with Crippen LogP contribution in [0.15, 0.2) is 24.5 Å². The van der Waals surface area contributed by atoms with Crippen LogP contribution in [-0.4, -0.2) is 20.0 Å². The number of nitrogens with zero attached hydrogens (tertiary/aromatic N) is 3. The Morgan fingerprint density at radius 1 is 0.895 bits per heavy atom. The molecule has 1 N–H and O–H groups in total. The number of aryl methyl sites for hydroxylation is 3. The second kappa shape index (κ2) is 18.8. The largest absolute Gasteiger partial charge is 0.283 e. The topological polar surface area (TPSA) is 46.5 Å². The van der Waals surface area contributed by atoms with E-state index in [0.29, 0.717) is 0 Å². The molecule has 0 fully saturated rings. The minimum atomic E-state index is 1.11. The second-order valence-electron chi connectivity index (χ2n) is 2.84. The quantitative estimate of drug-likeness (QED) is 0.763. The van der Waals surface area contributed by atoms with Crippen LogP contribution in [0, 0.1) is 13.8 Å². The standard InChI is InChI=1S/C5H8N2.C4H6N2.3C2H6/c1-5-3-4-6-7(5)2;1-4-2-3-5-6-4;3*1-2/h3-4H,1-2H3;2-3H,1H3,(H,5,6);3*1-2H3. The van der Waals surface area contributed by atoms with E-state index in [4.69, 9.17) is 0 Å². The zero-order chi connectivity index (χ0) is 15.7. The predicted octanol–water partition coefficient (Wildman–Crippen LogP) is 4.53. The summed E-state index contributed by atoms with van der Waals surface area (Å²) in [5.41, 5.74) is 2.30. The van der Waals surface area contributed by atoms with Crippen LogP contribution in [0.2, 0.25) is 0 Å². The van der Waals surface area contributed by atoms with Gasteiger partial charge in [0.2, 0.25) is 0 Å². The molecule has 4 heteroatoms.